The highest BCUT2D eigenvalue weighted by Crippen LogP contribution is 2.38. The summed E-state index contributed by atoms with van der Waals surface area (Å²) in [5.74, 6) is 0.329. The number of halogens is 5. The van der Waals surface area contributed by atoms with E-state index in [-0.39, 0.29) is 6.42 Å². The first-order valence-electron chi connectivity index (χ1n) is 6.77. The van der Waals surface area contributed by atoms with Crippen molar-refractivity contribution in [1.82, 2.24) is 4.98 Å². The molecular formula is C16H10ClF3INOS. The Hall–Kier alpha value is -1.06. The van der Waals surface area contributed by atoms with E-state index in [1.807, 2.05) is 18.2 Å². The van der Waals surface area contributed by atoms with Crippen LogP contribution >= 0.6 is 45.5 Å². The molecule has 2 heterocycles. The van der Waals surface area contributed by atoms with Crippen LogP contribution in [0.4, 0.5) is 13.2 Å². The van der Waals surface area contributed by atoms with E-state index in [1.54, 1.807) is 0 Å². The van der Waals surface area contributed by atoms with Gasteiger partial charge in [-0.3, -0.25) is 0 Å². The Morgan fingerprint density at radius 3 is 2.62 bits per heavy atom. The summed E-state index contributed by atoms with van der Waals surface area (Å²) >= 11 is 9.38. The molecule has 126 valence electrons. The molecule has 0 saturated heterocycles. The van der Waals surface area contributed by atoms with Gasteiger partial charge >= 0.3 is 6.18 Å². The quantitative estimate of drug-likeness (QED) is 0.416. The van der Waals surface area contributed by atoms with Gasteiger partial charge in [-0.1, -0.05) is 11.6 Å². The highest BCUT2D eigenvalue weighted by atomic mass is 127. The van der Waals surface area contributed by atoms with Gasteiger partial charge in [-0.15, -0.1) is 11.3 Å². The number of hydrogen-bond donors (Lipinski definition) is 0. The van der Waals surface area contributed by atoms with Crippen molar-refractivity contribution in [2.24, 2.45) is 0 Å². The van der Waals surface area contributed by atoms with Crippen LogP contribution in [0.5, 0.6) is 5.88 Å². The summed E-state index contributed by atoms with van der Waals surface area (Å²) in [5.41, 5.74) is 1.27. The molecule has 0 aliphatic rings. The Balaban J connectivity index is 2.08. The molecule has 0 bridgehead atoms. The van der Waals surface area contributed by atoms with E-state index in [0.29, 0.717) is 38.2 Å². The maximum absolute atomic E-state index is 12.8. The minimum atomic E-state index is -4.34. The monoisotopic (exact) mass is 483 g/mol. The van der Waals surface area contributed by atoms with Gasteiger partial charge in [0.2, 0.25) is 5.88 Å². The molecule has 0 fully saturated rings. The van der Waals surface area contributed by atoms with Crippen LogP contribution in [0.15, 0.2) is 30.3 Å². The zero-order valence-corrected chi connectivity index (χ0v) is 16.0. The number of rotatable bonds is 3. The summed E-state index contributed by atoms with van der Waals surface area (Å²) in [6.45, 7) is 0. The fraction of sp³-hybridized carbons (Fsp3) is 0.188. The van der Waals surface area contributed by atoms with Crippen molar-refractivity contribution in [1.29, 1.82) is 0 Å². The number of nitrogens with zero attached hydrogens (tertiary/aromatic N) is 1. The largest absolute Gasteiger partial charge is 0.481 e. The van der Waals surface area contributed by atoms with Crippen molar-refractivity contribution in [3.8, 4) is 5.88 Å². The second-order valence-corrected chi connectivity index (χ2v) is 7.81. The zero-order valence-electron chi connectivity index (χ0n) is 12.2. The number of benzene rings is 1. The summed E-state index contributed by atoms with van der Waals surface area (Å²) in [6, 6.07) is 8.17. The lowest BCUT2D eigenvalue weighted by Gasteiger charge is -2.12. The van der Waals surface area contributed by atoms with Crippen molar-refractivity contribution < 1.29 is 17.9 Å². The van der Waals surface area contributed by atoms with E-state index in [9.17, 15) is 13.2 Å². The van der Waals surface area contributed by atoms with E-state index in [2.05, 4.69) is 27.6 Å². The standard InChI is InChI=1S/C16H10ClF3INOS/c1-23-15-11(7-9-3-5-13(24-9)16(18,19)20)14(17)10-6-8(21)2-4-12(10)22-15/h2-6H,7H2,1H3. The number of alkyl halides is 3. The first kappa shape index (κ1) is 17.8. The number of pyridine rings is 1. The lowest BCUT2D eigenvalue weighted by Crippen LogP contribution is -2.00. The molecule has 0 amide bonds. The number of ether oxygens (including phenoxy) is 1. The fourth-order valence-electron chi connectivity index (χ4n) is 2.34. The van der Waals surface area contributed by atoms with Crippen LogP contribution in [-0.2, 0) is 12.6 Å². The van der Waals surface area contributed by atoms with E-state index >= 15 is 0 Å². The first-order valence-corrected chi connectivity index (χ1v) is 9.04. The van der Waals surface area contributed by atoms with Gasteiger partial charge in [0.15, 0.2) is 0 Å². The molecule has 0 N–H and O–H groups in total. The molecule has 0 radical (unpaired) electrons. The minimum Gasteiger partial charge on any atom is -0.481 e. The summed E-state index contributed by atoms with van der Waals surface area (Å²) in [4.78, 5) is 4.34. The molecular weight excluding hydrogens is 474 g/mol. The third kappa shape index (κ3) is 3.48. The van der Waals surface area contributed by atoms with Crippen molar-refractivity contribution in [3.05, 3.63) is 54.2 Å². The second kappa shape index (κ2) is 6.68. The number of aromatic nitrogens is 1. The number of thiophene rings is 1. The van der Waals surface area contributed by atoms with Gasteiger partial charge in [0.05, 0.1) is 17.6 Å². The Labute approximate surface area is 158 Å². The van der Waals surface area contributed by atoms with Crippen LogP contribution in [0, 0.1) is 3.57 Å². The van der Waals surface area contributed by atoms with Gasteiger partial charge in [0.25, 0.3) is 0 Å². The predicted molar refractivity (Wildman–Crippen MR) is 98.1 cm³/mol. The van der Waals surface area contributed by atoms with E-state index in [4.69, 9.17) is 16.3 Å². The molecule has 3 aromatic rings. The third-order valence-corrected chi connectivity index (χ3v) is 5.66. The van der Waals surface area contributed by atoms with Crippen molar-refractivity contribution in [2.75, 3.05) is 7.11 Å². The average Bonchev–Trinajstić information content (AvgIpc) is 2.99. The molecule has 3 rings (SSSR count). The molecule has 0 atom stereocenters. The van der Waals surface area contributed by atoms with E-state index in [1.165, 1.54) is 13.2 Å². The van der Waals surface area contributed by atoms with Gasteiger partial charge in [-0.25, -0.2) is 4.98 Å². The van der Waals surface area contributed by atoms with Gasteiger partial charge < -0.3 is 4.74 Å². The minimum absolute atomic E-state index is 0.233. The normalized spacial score (nSPS) is 11.9. The van der Waals surface area contributed by atoms with Crippen molar-refractivity contribution in [3.63, 3.8) is 0 Å². The van der Waals surface area contributed by atoms with Gasteiger partial charge in [0, 0.05) is 25.8 Å². The van der Waals surface area contributed by atoms with Crippen LogP contribution in [0.1, 0.15) is 15.3 Å². The molecule has 0 unspecified atom stereocenters. The summed E-state index contributed by atoms with van der Waals surface area (Å²) in [7, 11) is 1.47. The Morgan fingerprint density at radius 1 is 1.25 bits per heavy atom. The van der Waals surface area contributed by atoms with Crippen LogP contribution < -0.4 is 4.74 Å². The van der Waals surface area contributed by atoms with Gasteiger partial charge in [0.1, 0.15) is 4.88 Å². The Kier molecular flexibility index (Phi) is 4.94. The third-order valence-electron chi connectivity index (χ3n) is 3.43. The number of fused-ring (bicyclic) bond motifs is 1. The molecule has 1 aromatic carbocycles. The molecule has 24 heavy (non-hydrogen) atoms. The molecule has 2 aromatic heterocycles. The van der Waals surface area contributed by atoms with Crippen LogP contribution in [-0.4, -0.2) is 12.1 Å². The average molecular weight is 484 g/mol. The molecule has 8 heteroatoms. The highest BCUT2D eigenvalue weighted by molar-refractivity contribution is 14.1. The van der Waals surface area contributed by atoms with E-state index in [0.717, 1.165) is 15.0 Å². The van der Waals surface area contributed by atoms with Crippen LogP contribution in [0.2, 0.25) is 5.02 Å². The lowest BCUT2D eigenvalue weighted by molar-refractivity contribution is -0.134. The number of hydrogen-bond acceptors (Lipinski definition) is 3. The molecule has 2 nitrogen and oxygen atoms in total. The molecule has 0 spiro atoms. The first-order chi connectivity index (χ1) is 11.3. The van der Waals surface area contributed by atoms with Gasteiger partial charge in [-0.2, -0.15) is 13.2 Å². The van der Waals surface area contributed by atoms with Crippen molar-refractivity contribution in [2.45, 2.75) is 12.6 Å². The predicted octanol–water partition coefficient (Wildman–Crippen LogP) is 6.17. The maximum atomic E-state index is 12.8. The summed E-state index contributed by atoms with van der Waals surface area (Å²) < 4.78 is 44.6. The van der Waals surface area contributed by atoms with Crippen LogP contribution in [0.3, 0.4) is 0 Å². The van der Waals surface area contributed by atoms with E-state index < -0.39 is 11.1 Å². The molecule has 0 aliphatic carbocycles. The van der Waals surface area contributed by atoms with Crippen molar-refractivity contribution >= 4 is 56.4 Å². The Morgan fingerprint density at radius 2 is 2.00 bits per heavy atom. The Bertz CT molecular complexity index is 910. The highest BCUT2D eigenvalue weighted by Gasteiger charge is 2.32. The smallest absolute Gasteiger partial charge is 0.425 e. The van der Waals surface area contributed by atoms with Crippen LogP contribution in [0.25, 0.3) is 10.9 Å². The topological polar surface area (TPSA) is 22.1 Å². The van der Waals surface area contributed by atoms with Gasteiger partial charge in [-0.05, 0) is 52.9 Å². The molecule has 0 aliphatic heterocycles. The number of methoxy groups -OCH3 is 1. The lowest BCUT2D eigenvalue weighted by atomic mass is 10.1. The zero-order chi connectivity index (χ0) is 17.5. The summed E-state index contributed by atoms with van der Waals surface area (Å²) in [6.07, 6.45) is -4.11. The second-order valence-electron chi connectivity index (χ2n) is 5.02. The maximum Gasteiger partial charge on any atom is 0.425 e. The molecule has 0 saturated carbocycles. The summed E-state index contributed by atoms with van der Waals surface area (Å²) in [5, 5.41) is 1.21. The SMILES string of the molecule is COc1nc2ccc(I)cc2c(Cl)c1Cc1ccc(C(F)(F)F)s1. The fourth-order valence-corrected chi connectivity index (χ4v) is 4.01.